The first kappa shape index (κ1) is 15.3. The summed E-state index contributed by atoms with van der Waals surface area (Å²) in [6, 6.07) is 5.27. The topological polar surface area (TPSA) is 44.5 Å². The quantitative estimate of drug-likeness (QED) is 0.825. The first-order chi connectivity index (χ1) is 8.63. The van der Waals surface area contributed by atoms with Crippen molar-refractivity contribution in [3.8, 4) is 5.75 Å². The second-order valence-corrected chi connectivity index (χ2v) is 4.63. The normalized spacial score (nSPS) is 14.3. The van der Waals surface area contributed by atoms with Gasteiger partial charge in [0.05, 0.1) is 19.3 Å². The first-order valence-corrected chi connectivity index (χ1v) is 6.72. The zero-order valence-corrected chi connectivity index (χ0v) is 12.0. The maximum absolute atomic E-state index is 6.29. The SMILES string of the molecule is CCCC(OCC)C(N)c1cc(Cl)ccc1OC. The van der Waals surface area contributed by atoms with Gasteiger partial charge in [-0.1, -0.05) is 24.9 Å². The van der Waals surface area contributed by atoms with Gasteiger partial charge < -0.3 is 15.2 Å². The van der Waals surface area contributed by atoms with Crippen LogP contribution >= 0.6 is 11.6 Å². The smallest absolute Gasteiger partial charge is 0.123 e. The van der Waals surface area contributed by atoms with E-state index in [4.69, 9.17) is 26.8 Å². The second kappa shape index (κ2) is 7.62. The van der Waals surface area contributed by atoms with Gasteiger partial charge in [-0.25, -0.2) is 0 Å². The van der Waals surface area contributed by atoms with Crippen LogP contribution in [0.2, 0.25) is 5.02 Å². The maximum Gasteiger partial charge on any atom is 0.123 e. The Morgan fingerprint density at radius 3 is 2.61 bits per heavy atom. The van der Waals surface area contributed by atoms with Crippen molar-refractivity contribution in [1.82, 2.24) is 0 Å². The van der Waals surface area contributed by atoms with Crippen LogP contribution in [0.15, 0.2) is 18.2 Å². The Labute approximate surface area is 114 Å². The molecule has 0 heterocycles. The Bertz CT molecular complexity index is 365. The van der Waals surface area contributed by atoms with Gasteiger partial charge in [0.1, 0.15) is 5.75 Å². The van der Waals surface area contributed by atoms with Crippen molar-refractivity contribution in [2.75, 3.05) is 13.7 Å². The molecule has 0 saturated carbocycles. The lowest BCUT2D eigenvalue weighted by atomic mass is 9.98. The predicted octanol–water partition coefficient (Wildman–Crippen LogP) is 3.55. The molecule has 102 valence electrons. The molecule has 1 aromatic rings. The van der Waals surface area contributed by atoms with E-state index >= 15 is 0 Å². The molecule has 2 atom stereocenters. The van der Waals surface area contributed by atoms with Crippen LogP contribution < -0.4 is 10.5 Å². The zero-order chi connectivity index (χ0) is 13.5. The summed E-state index contributed by atoms with van der Waals surface area (Å²) in [4.78, 5) is 0. The third-order valence-corrected chi connectivity index (χ3v) is 3.14. The number of hydrogen-bond acceptors (Lipinski definition) is 3. The Morgan fingerprint density at radius 2 is 2.06 bits per heavy atom. The Kier molecular flexibility index (Phi) is 6.47. The molecule has 3 nitrogen and oxygen atoms in total. The molecule has 0 bridgehead atoms. The Morgan fingerprint density at radius 1 is 1.33 bits per heavy atom. The second-order valence-electron chi connectivity index (χ2n) is 4.19. The molecule has 0 spiro atoms. The van der Waals surface area contributed by atoms with E-state index in [1.165, 1.54) is 0 Å². The van der Waals surface area contributed by atoms with Crippen molar-refractivity contribution in [2.45, 2.75) is 38.8 Å². The van der Waals surface area contributed by atoms with Gasteiger partial charge >= 0.3 is 0 Å². The van der Waals surface area contributed by atoms with Crippen LogP contribution in [0, 0.1) is 0 Å². The van der Waals surface area contributed by atoms with E-state index in [0.717, 1.165) is 24.2 Å². The molecular weight excluding hydrogens is 250 g/mol. The average molecular weight is 272 g/mol. The van der Waals surface area contributed by atoms with Crippen molar-refractivity contribution < 1.29 is 9.47 Å². The Hall–Kier alpha value is -0.770. The molecule has 0 fully saturated rings. The lowest BCUT2D eigenvalue weighted by molar-refractivity contribution is 0.0369. The van der Waals surface area contributed by atoms with Gasteiger partial charge in [0.25, 0.3) is 0 Å². The van der Waals surface area contributed by atoms with Crippen molar-refractivity contribution in [1.29, 1.82) is 0 Å². The van der Waals surface area contributed by atoms with E-state index in [1.54, 1.807) is 13.2 Å². The standard InChI is InChI=1S/C14H22ClNO2/c1-4-6-13(18-5-2)14(16)11-9-10(15)7-8-12(11)17-3/h7-9,13-14H,4-6,16H2,1-3H3. The summed E-state index contributed by atoms with van der Waals surface area (Å²) < 4.78 is 11.0. The van der Waals surface area contributed by atoms with Gasteiger partial charge in [0, 0.05) is 17.2 Å². The van der Waals surface area contributed by atoms with Crippen molar-refractivity contribution in [2.24, 2.45) is 5.73 Å². The van der Waals surface area contributed by atoms with Gasteiger partial charge in [-0.05, 0) is 31.5 Å². The van der Waals surface area contributed by atoms with Crippen LogP contribution in [0.1, 0.15) is 38.3 Å². The fraction of sp³-hybridized carbons (Fsp3) is 0.571. The van der Waals surface area contributed by atoms with E-state index in [2.05, 4.69) is 6.92 Å². The van der Waals surface area contributed by atoms with Crippen molar-refractivity contribution >= 4 is 11.6 Å². The molecule has 0 saturated heterocycles. The van der Waals surface area contributed by atoms with E-state index in [-0.39, 0.29) is 12.1 Å². The molecule has 1 aromatic carbocycles. The fourth-order valence-corrected chi connectivity index (χ4v) is 2.21. The molecule has 0 radical (unpaired) electrons. The molecule has 2 unspecified atom stereocenters. The molecule has 0 aromatic heterocycles. The van der Waals surface area contributed by atoms with Crippen LogP contribution in [-0.4, -0.2) is 19.8 Å². The van der Waals surface area contributed by atoms with Crippen molar-refractivity contribution in [3.63, 3.8) is 0 Å². The minimum absolute atomic E-state index is 0.00707. The van der Waals surface area contributed by atoms with Crippen LogP contribution in [0.3, 0.4) is 0 Å². The average Bonchev–Trinajstić information content (AvgIpc) is 2.37. The number of nitrogens with two attached hydrogens (primary N) is 1. The van der Waals surface area contributed by atoms with Gasteiger partial charge in [-0.3, -0.25) is 0 Å². The molecule has 18 heavy (non-hydrogen) atoms. The lowest BCUT2D eigenvalue weighted by Crippen LogP contribution is -2.29. The van der Waals surface area contributed by atoms with Crippen LogP contribution in [-0.2, 0) is 4.74 Å². The predicted molar refractivity (Wildman–Crippen MR) is 75.3 cm³/mol. The van der Waals surface area contributed by atoms with Gasteiger partial charge in [0.2, 0.25) is 0 Å². The third kappa shape index (κ3) is 3.87. The summed E-state index contributed by atoms with van der Waals surface area (Å²) in [6.45, 7) is 4.75. The molecule has 2 N–H and O–H groups in total. The summed E-state index contributed by atoms with van der Waals surface area (Å²) in [6.07, 6.45) is 1.94. The highest BCUT2D eigenvalue weighted by Crippen LogP contribution is 2.31. The van der Waals surface area contributed by atoms with Crippen LogP contribution in [0.4, 0.5) is 0 Å². The molecule has 0 amide bonds. The number of hydrogen-bond donors (Lipinski definition) is 1. The molecule has 0 aliphatic carbocycles. The van der Waals surface area contributed by atoms with E-state index in [9.17, 15) is 0 Å². The largest absolute Gasteiger partial charge is 0.496 e. The zero-order valence-electron chi connectivity index (χ0n) is 11.3. The maximum atomic E-state index is 6.29. The minimum Gasteiger partial charge on any atom is -0.496 e. The molecule has 1 rings (SSSR count). The number of methoxy groups -OCH3 is 1. The highest BCUT2D eigenvalue weighted by Gasteiger charge is 2.22. The van der Waals surface area contributed by atoms with E-state index < -0.39 is 0 Å². The molecular formula is C14H22ClNO2. The highest BCUT2D eigenvalue weighted by molar-refractivity contribution is 6.30. The Balaban J connectivity index is 2.98. The molecule has 4 heteroatoms. The monoisotopic (exact) mass is 271 g/mol. The minimum atomic E-state index is -0.224. The van der Waals surface area contributed by atoms with Crippen LogP contribution in [0.5, 0.6) is 5.75 Å². The fourth-order valence-electron chi connectivity index (χ4n) is 2.03. The lowest BCUT2D eigenvalue weighted by Gasteiger charge is -2.25. The van der Waals surface area contributed by atoms with E-state index in [1.807, 2.05) is 19.1 Å². The van der Waals surface area contributed by atoms with Crippen molar-refractivity contribution in [3.05, 3.63) is 28.8 Å². The summed E-state index contributed by atoms with van der Waals surface area (Å²) in [5, 5.41) is 0.660. The third-order valence-electron chi connectivity index (χ3n) is 2.91. The molecule has 0 aliphatic rings. The van der Waals surface area contributed by atoms with Crippen LogP contribution in [0.25, 0.3) is 0 Å². The van der Waals surface area contributed by atoms with Gasteiger partial charge in [-0.2, -0.15) is 0 Å². The number of benzene rings is 1. The van der Waals surface area contributed by atoms with E-state index in [0.29, 0.717) is 11.6 Å². The summed E-state index contributed by atoms with van der Waals surface area (Å²) in [5.41, 5.74) is 7.19. The number of ether oxygens (including phenoxy) is 2. The highest BCUT2D eigenvalue weighted by atomic mass is 35.5. The van der Waals surface area contributed by atoms with Gasteiger partial charge in [0.15, 0.2) is 0 Å². The number of rotatable bonds is 7. The summed E-state index contributed by atoms with van der Waals surface area (Å²) >= 11 is 6.02. The first-order valence-electron chi connectivity index (χ1n) is 6.34. The molecule has 0 aliphatic heterocycles. The summed E-state index contributed by atoms with van der Waals surface area (Å²) in [7, 11) is 1.63. The number of halogens is 1. The summed E-state index contributed by atoms with van der Waals surface area (Å²) in [5.74, 6) is 0.757. The van der Waals surface area contributed by atoms with Gasteiger partial charge in [-0.15, -0.1) is 0 Å².